The van der Waals surface area contributed by atoms with Gasteiger partial charge in [-0.1, -0.05) is 54.0 Å². The van der Waals surface area contributed by atoms with Gasteiger partial charge in [-0.05, 0) is 103 Å². The molecule has 5 aliphatic rings. The van der Waals surface area contributed by atoms with Crippen molar-refractivity contribution in [2.45, 2.75) is 113 Å². The highest BCUT2D eigenvalue weighted by atomic mass is 16.6. The summed E-state index contributed by atoms with van der Waals surface area (Å²) < 4.78 is 5.41. The van der Waals surface area contributed by atoms with E-state index in [0.717, 1.165) is 57.8 Å². The van der Waals surface area contributed by atoms with E-state index in [1.165, 1.54) is 5.57 Å². The van der Waals surface area contributed by atoms with Crippen molar-refractivity contribution >= 4 is 11.7 Å². The van der Waals surface area contributed by atoms with Crippen molar-refractivity contribution < 1.29 is 19.4 Å². The van der Waals surface area contributed by atoms with Crippen LogP contribution in [0.1, 0.15) is 106 Å². The van der Waals surface area contributed by atoms with Crippen LogP contribution >= 0.6 is 0 Å². The largest absolute Gasteiger partial charge is 0.369 e. The number of aliphatic hydroxyl groups excluding tert-OH is 1. The molecule has 4 fully saturated rings. The van der Waals surface area contributed by atoms with Crippen molar-refractivity contribution in [3.8, 4) is 0 Å². The van der Waals surface area contributed by atoms with E-state index in [0.29, 0.717) is 11.7 Å². The average molecular weight is 514 g/mol. The predicted octanol–water partition coefficient (Wildman–Crippen LogP) is 6.03. The molecule has 5 nitrogen and oxygen atoms in total. The molecule has 208 valence electrons. The second kappa shape index (κ2) is 8.16. The average Bonchev–Trinajstić information content (AvgIpc) is 2.80. The van der Waals surface area contributed by atoms with E-state index in [1.807, 2.05) is 6.92 Å². The number of aliphatic hydroxyl groups is 1. The number of fused-ring (bicyclic) bond motifs is 7. The van der Waals surface area contributed by atoms with Crippen LogP contribution in [0.2, 0.25) is 0 Å². The molecule has 0 aromatic carbocycles. The van der Waals surface area contributed by atoms with Crippen LogP contribution < -0.4 is 5.73 Å². The minimum atomic E-state index is -0.763. The zero-order valence-corrected chi connectivity index (χ0v) is 24.6. The van der Waals surface area contributed by atoms with E-state index in [4.69, 9.17) is 10.5 Å². The maximum atomic E-state index is 14.4. The Hall–Kier alpha value is -1.20. The maximum Gasteiger partial charge on any atom is 0.223 e. The maximum absolute atomic E-state index is 14.4. The second-order valence-corrected chi connectivity index (χ2v) is 15.7. The van der Waals surface area contributed by atoms with Gasteiger partial charge in [-0.2, -0.15) is 0 Å². The smallest absolute Gasteiger partial charge is 0.223 e. The quantitative estimate of drug-likeness (QED) is 0.451. The molecule has 2 unspecified atom stereocenters. The predicted molar refractivity (Wildman–Crippen MR) is 145 cm³/mol. The highest BCUT2D eigenvalue weighted by molar-refractivity contribution is 5.95. The molecule has 3 N–H and O–H groups in total. The second-order valence-electron chi connectivity index (χ2n) is 15.7. The third-order valence-corrected chi connectivity index (χ3v) is 13.9. The lowest BCUT2D eigenvalue weighted by molar-refractivity contribution is -0.225. The summed E-state index contributed by atoms with van der Waals surface area (Å²) in [5, 5.41) is 10.7. The minimum Gasteiger partial charge on any atom is -0.369 e. The number of rotatable bonds is 3. The van der Waals surface area contributed by atoms with E-state index in [9.17, 15) is 14.7 Å². The number of allylic oxidation sites excluding steroid dienone is 2. The van der Waals surface area contributed by atoms with Crippen LogP contribution in [-0.4, -0.2) is 30.2 Å². The third kappa shape index (κ3) is 3.41. The van der Waals surface area contributed by atoms with Crippen LogP contribution in [0.5, 0.6) is 0 Å². The SMILES string of the molecule is COC(O)[C@H]1CC[C@@]2(C)C(CC[C@]3(C)[C@@H]2C(=O)C=C2[C@H]4C[C@@](C)(C(N)=O)CC[C@]4(C)CC[C@]23C)C1(C)C. The van der Waals surface area contributed by atoms with Crippen molar-refractivity contribution in [3.05, 3.63) is 11.6 Å². The normalized spacial score (nSPS) is 51.6. The number of primary amides is 1. The molecule has 0 heterocycles. The summed E-state index contributed by atoms with van der Waals surface area (Å²) >= 11 is 0. The molecule has 0 aromatic heterocycles. The molecule has 0 aromatic rings. The number of methoxy groups -OCH3 is 1. The lowest BCUT2D eigenvalue weighted by Crippen LogP contribution is -2.66. The molecule has 4 saturated carbocycles. The molecular formula is C32H51NO4. The standard InChI is InChI=1S/C32H51NO4/c1-27(2)19(25(35)37-8)9-11-30(5)23(27)10-12-32(7)24(30)22(34)17-20-21-18-29(4,26(33)36)14-13-28(21,3)15-16-31(20,32)6/h17,19,21,23-25,35H,9-16,18H2,1-8H3,(H2,33,36)/t19-,21-,23?,24-,25?,28-,29+,30+,31-,32-/m1/s1. The van der Waals surface area contributed by atoms with E-state index < -0.39 is 11.7 Å². The van der Waals surface area contributed by atoms with Crippen LogP contribution in [0, 0.1) is 56.2 Å². The van der Waals surface area contributed by atoms with Gasteiger partial charge in [0.15, 0.2) is 12.1 Å². The lowest BCUT2D eigenvalue weighted by atomic mass is 9.33. The zero-order chi connectivity index (χ0) is 27.4. The van der Waals surface area contributed by atoms with Crippen LogP contribution in [0.3, 0.4) is 0 Å². The number of hydrogen-bond acceptors (Lipinski definition) is 4. The van der Waals surface area contributed by atoms with Gasteiger partial charge in [0.25, 0.3) is 0 Å². The molecule has 37 heavy (non-hydrogen) atoms. The van der Waals surface area contributed by atoms with Gasteiger partial charge in [-0.3, -0.25) is 9.59 Å². The third-order valence-electron chi connectivity index (χ3n) is 13.9. The van der Waals surface area contributed by atoms with Gasteiger partial charge in [0.1, 0.15) is 0 Å². The molecule has 5 rings (SSSR count). The number of ether oxygens (including phenoxy) is 1. The van der Waals surface area contributed by atoms with Gasteiger partial charge in [-0.25, -0.2) is 0 Å². The van der Waals surface area contributed by atoms with Crippen LogP contribution in [-0.2, 0) is 14.3 Å². The highest BCUT2D eigenvalue weighted by Gasteiger charge is 2.70. The number of carbonyl (C=O) groups excluding carboxylic acids is 2. The number of ketones is 1. The Morgan fingerprint density at radius 2 is 1.65 bits per heavy atom. The molecule has 0 aliphatic heterocycles. The van der Waals surface area contributed by atoms with Gasteiger partial charge in [0.2, 0.25) is 5.91 Å². The van der Waals surface area contributed by atoms with Gasteiger partial charge < -0.3 is 15.6 Å². The van der Waals surface area contributed by atoms with E-state index >= 15 is 0 Å². The Labute approximate surface area is 224 Å². The zero-order valence-electron chi connectivity index (χ0n) is 24.6. The van der Waals surface area contributed by atoms with Crippen LogP contribution in [0.4, 0.5) is 0 Å². The number of nitrogens with two attached hydrogens (primary N) is 1. The first kappa shape index (κ1) is 27.4. The van der Waals surface area contributed by atoms with Gasteiger partial charge in [0.05, 0.1) is 0 Å². The van der Waals surface area contributed by atoms with Crippen molar-refractivity contribution in [1.29, 1.82) is 0 Å². The fourth-order valence-electron chi connectivity index (χ4n) is 11.1. The van der Waals surface area contributed by atoms with Crippen molar-refractivity contribution in [3.63, 3.8) is 0 Å². The number of hydrogen-bond donors (Lipinski definition) is 2. The molecule has 1 amide bonds. The van der Waals surface area contributed by atoms with Crippen LogP contribution in [0.25, 0.3) is 0 Å². The van der Waals surface area contributed by atoms with E-state index in [1.54, 1.807) is 7.11 Å². The van der Waals surface area contributed by atoms with Gasteiger partial charge in [-0.15, -0.1) is 0 Å². The summed E-state index contributed by atoms with van der Waals surface area (Å²) in [5.74, 6) is 0.741. The van der Waals surface area contributed by atoms with Gasteiger partial charge in [0, 0.05) is 24.4 Å². The Bertz CT molecular complexity index is 1030. The van der Waals surface area contributed by atoms with Crippen molar-refractivity contribution in [1.82, 2.24) is 0 Å². The first-order valence-corrected chi connectivity index (χ1v) is 14.8. The number of carbonyl (C=O) groups is 2. The highest BCUT2D eigenvalue weighted by Crippen LogP contribution is 2.75. The lowest BCUT2D eigenvalue weighted by Gasteiger charge is -2.70. The molecule has 0 spiro atoms. The number of amides is 1. The summed E-state index contributed by atoms with van der Waals surface area (Å²) in [4.78, 5) is 26.9. The molecule has 0 bridgehead atoms. The molecule has 5 aliphatic carbocycles. The summed E-state index contributed by atoms with van der Waals surface area (Å²) in [6.45, 7) is 16.3. The molecule has 0 radical (unpaired) electrons. The molecule has 0 saturated heterocycles. The Balaban J connectivity index is 1.59. The first-order chi connectivity index (χ1) is 17.0. The summed E-state index contributed by atoms with van der Waals surface area (Å²) in [6, 6.07) is 0. The Morgan fingerprint density at radius 1 is 1.00 bits per heavy atom. The van der Waals surface area contributed by atoms with Crippen molar-refractivity contribution in [2.24, 2.45) is 61.9 Å². The molecule has 5 heteroatoms. The molecular weight excluding hydrogens is 462 g/mol. The van der Waals surface area contributed by atoms with Crippen LogP contribution in [0.15, 0.2) is 11.6 Å². The minimum absolute atomic E-state index is 0.0251. The van der Waals surface area contributed by atoms with E-state index in [2.05, 4.69) is 47.6 Å². The fraction of sp³-hybridized carbons (Fsp3) is 0.875. The summed E-state index contributed by atoms with van der Waals surface area (Å²) in [7, 11) is 1.59. The molecule has 10 atom stereocenters. The Kier molecular flexibility index (Phi) is 6.04. The summed E-state index contributed by atoms with van der Waals surface area (Å²) in [5.41, 5.74) is 6.46. The topological polar surface area (TPSA) is 89.6 Å². The van der Waals surface area contributed by atoms with E-state index in [-0.39, 0.29) is 50.7 Å². The Morgan fingerprint density at radius 3 is 2.27 bits per heavy atom. The summed E-state index contributed by atoms with van der Waals surface area (Å²) in [6.07, 6.45) is 10.1. The van der Waals surface area contributed by atoms with Crippen molar-refractivity contribution in [2.75, 3.05) is 7.11 Å². The first-order valence-electron chi connectivity index (χ1n) is 14.8. The monoisotopic (exact) mass is 513 g/mol. The fourth-order valence-corrected chi connectivity index (χ4v) is 11.1. The van der Waals surface area contributed by atoms with Gasteiger partial charge >= 0.3 is 0 Å².